The summed E-state index contributed by atoms with van der Waals surface area (Å²) in [6.45, 7) is 9.49. The molecule has 2 N–H and O–H groups in total. The number of carbonyl (C=O) groups is 6. The van der Waals surface area contributed by atoms with Gasteiger partial charge in [0.15, 0.2) is 34.7 Å². The summed E-state index contributed by atoms with van der Waals surface area (Å²) in [5.74, 6) is -7.65. The van der Waals surface area contributed by atoms with E-state index in [9.17, 15) is 39.0 Å². The zero-order valence-electron chi connectivity index (χ0n) is 30.6. The minimum Gasteiger partial charge on any atom is -0.504 e. The summed E-state index contributed by atoms with van der Waals surface area (Å²) in [5, 5.41) is 23.2. The van der Waals surface area contributed by atoms with E-state index in [0.717, 1.165) is 12.0 Å². The van der Waals surface area contributed by atoms with Gasteiger partial charge in [-0.1, -0.05) is 48.1 Å². The molecule has 2 aliphatic heterocycles. The van der Waals surface area contributed by atoms with Crippen LogP contribution in [-0.2, 0) is 0 Å². The van der Waals surface area contributed by atoms with Gasteiger partial charge in [0.25, 0.3) is 0 Å². The molecule has 0 amide bonds. The molecule has 0 spiro atoms. The third-order valence-electron chi connectivity index (χ3n) is 10.5. The summed E-state index contributed by atoms with van der Waals surface area (Å²) in [6.07, 6.45) is 10.2. The summed E-state index contributed by atoms with van der Waals surface area (Å²) in [7, 11) is 0. The van der Waals surface area contributed by atoms with Gasteiger partial charge in [-0.15, -0.1) is 0 Å². The summed E-state index contributed by atoms with van der Waals surface area (Å²) < 4.78 is 12.3. The molecule has 0 radical (unpaired) electrons. The van der Waals surface area contributed by atoms with Crippen molar-refractivity contribution >= 4 is 46.9 Å². The van der Waals surface area contributed by atoms with Crippen LogP contribution in [0.25, 0.3) is 12.2 Å². The zero-order valence-corrected chi connectivity index (χ0v) is 30.6. The predicted molar refractivity (Wildman–Crippen MR) is 202 cm³/mol. The largest absolute Gasteiger partial charge is 0.504 e. The van der Waals surface area contributed by atoms with E-state index in [1.165, 1.54) is 48.5 Å². The second-order valence-corrected chi connectivity index (χ2v) is 15.1. The number of ether oxygens (including phenoxy) is 2. The van der Waals surface area contributed by atoms with Gasteiger partial charge in [0.1, 0.15) is 22.7 Å². The molecule has 274 valence electrons. The third kappa shape index (κ3) is 5.31. The van der Waals surface area contributed by atoms with Crippen molar-refractivity contribution in [3.63, 3.8) is 0 Å². The van der Waals surface area contributed by atoms with Gasteiger partial charge in [-0.2, -0.15) is 0 Å². The maximum Gasteiger partial charge on any atom is 0.229 e. The summed E-state index contributed by atoms with van der Waals surface area (Å²) in [4.78, 5) is 86.1. The standard InChI is InChI=1S/C45H34O10/c1-21(2)9-8-18-45(5)20-17-25-29(55-45)15-13-27-31(25)41(51)43(53)35(39(27)49)33-32(36(46)22-10-6-7-11-23(22)37(33)47)34-38(48)26-12-14-28-24(16-19-44(3,4)54-28)30(26)40(50)42(34)52/h6-7,9-17,19-20,52-53H,8,18H2,1-5H3. The highest BCUT2D eigenvalue weighted by molar-refractivity contribution is 6.41. The van der Waals surface area contributed by atoms with E-state index < -0.39 is 79.7 Å². The lowest BCUT2D eigenvalue weighted by molar-refractivity contribution is 0.0910. The Hall–Kier alpha value is -6.68. The van der Waals surface area contributed by atoms with Crippen molar-refractivity contribution in [3.8, 4) is 11.5 Å². The molecule has 5 aliphatic rings. The maximum absolute atomic E-state index is 14.5. The molecule has 8 rings (SSSR count). The normalized spacial score (nSPS) is 20.7. The van der Waals surface area contributed by atoms with Crippen molar-refractivity contribution in [2.45, 2.75) is 58.7 Å². The van der Waals surface area contributed by atoms with Gasteiger partial charge in [-0.3, -0.25) is 28.8 Å². The molecule has 3 aliphatic carbocycles. The first kappa shape index (κ1) is 35.4. The number of benzene rings is 3. The van der Waals surface area contributed by atoms with Crippen molar-refractivity contribution in [1.82, 2.24) is 0 Å². The lowest BCUT2D eigenvalue weighted by atomic mass is 9.71. The Morgan fingerprint density at radius 1 is 0.582 bits per heavy atom. The fraction of sp³-hybridized carbons (Fsp3) is 0.200. The predicted octanol–water partition coefficient (Wildman–Crippen LogP) is 8.24. The van der Waals surface area contributed by atoms with Crippen LogP contribution in [0.5, 0.6) is 11.5 Å². The highest BCUT2D eigenvalue weighted by Crippen LogP contribution is 2.46. The molecule has 2 heterocycles. The Labute approximate surface area is 315 Å². The Morgan fingerprint density at radius 3 is 1.53 bits per heavy atom. The van der Waals surface area contributed by atoms with Gasteiger partial charge in [-0.25, -0.2) is 0 Å². The molecule has 10 nitrogen and oxygen atoms in total. The van der Waals surface area contributed by atoms with E-state index in [2.05, 4.69) is 6.08 Å². The fourth-order valence-corrected chi connectivity index (χ4v) is 7.77. The van der Waals surface area contributed by atoms with Crippen molar-refractivity contribution < 1.29 is 48.5 Å². The molecule has 0 saturated carbocycles. The maximum atomic E-state index is 14.5. The van der Waals surface area contributed by atoms with Crippen LogP contribution in [0.1, 0.15) is 121 Å². The highest BCUT2D eigenvalue weighted by atomic mass is 16.5. The first-order chi connectivity index (χ1) is 26.0. The topological polar surface area (TPSA) is 161 Å². The van der Waals surface area contributed by atoms with Crippen LogP contribution in [0.15, 0.2) is 106 Å². The molecule has 1 atom stereocenters. The Kier molecular flexibility index (Phi) is 7.83. The number of Topliss-reactive ketones (excluding diaryl/α,β-unsaturated/α-hetero) is 6. The third-order valence-corrected chi connectivity index (χ3v) is 10.5. The number of allylic oxidation sites excluding steroid dienone is 8. The van der Waals surface area contributed by atoms with E-state index in [0.29, 0.717) is 12.2 Å². The minimum absolute atomic E-state index is 0.161. The zero-order chi connectivity index (χ0) is 39.3. The molecule has 0 aromatic heterocycles. The molecule has 3 aromatic carbocycles. The number of aliphatic hydroxyl groups excluding tert-OH is 2. The molecular weight excluding hydrogens is 700 g/mol. The van der Waals surface area contributed by atoms with Crippen LogP contribution in [0.2, 0.25) is 0 Å². The lowest BCUT2D eigenvalue weighted by Crippen LogP contribution is -2.35. The molecule has 10 heteroatoms. The van der Waals surface area contributed by atoms with Crippen LogP contribution in [0.3, 0.4) is 0 Å². The van der Waals surface area contributed by atoms with E-state index in [4.69, 9.17) is 9.47 Å². The molecule has 1 unspecified atom stereocenters. The molecule has 3 aromatic rings. The Balaban J connectivity index is 1.30. The Morgan fingerprint density at radius 2 is 1.04 bits per heavy atom. The van der Waals surface area contributed by atoms with Gasteiger partial charge < -0.3 is 19.7 Å². The number of hydrogen-bond acceptors (Lipinski definition) is 10. The Bertz CT molecular complexity index is 2610. The number of aliphatic hydroxyl groups is 2. The van der Waals surface area contributed by atoms with E-state index in [1.807, 2.05) is 20.8 Å². The number of fused-ring (bicyclic) bond motifs is 7. The molecule has 0 bridgehead atoms. The first-order valence-corrected chi connectivity index (χ1v) is 17.8. The number of ketones is 6. The second-order valence-electron chi connectivity index (χ2n) is 15.1. The monoisotopic (exact) mass is 734 g/mol. The number of hydrogen-bond donors (Lipinski definition) is 2. The average Bonchev–Trinajstić information content (AvgIpc) is 3.14. The van der Waals surface area contributed by atoms with Crippen LogP contribution < -0.4 is 9.47 Å². The SMILES string of the molecule is CC(C)=CCCC1(C)C=Cc2c(ccc3c2C(=O)C(O)=C(C2=C(C4=C(O)C(=O)c5c(ccc6c5C=CC(C)(C)O6)C4=O)C(=O)c4ccccc4C2=O)C3=O)O1. The minimum atomic E-state index is -1.14. The van der Waals surface area contributed by atoms with Crippen molar-refractivity contribution in [1.29, 1.82) is 0 Å². The molecule has 0 fully saturated rings. The van der Waals surface area contributed by atoms with Gasteiger partial charge in [0.2, 0.25) is 11.6 Å². The highest BCUT2D eigenvalue weighted by Gasteiger charge is 2.48. The van der Waals surface area contributed by atoms with E-state index >= 15 is 0 Å². The van der Waals surface area contributed by atoms with Crippen molar-refractivity contribution in [3.05, 3.63) is 151 Å². The summed E-state index contributed by atoms with van der Waals surface area (Å²) in [6, 6.07) is 11.3. The van der Waals surface area contributed by atoms with Gasteiger partial charge in [0.05, 0.1) is 11.1 Å². The summed E-state index contributed by atoms with van der Waals surface area (Å²) >= 11 is 0. The van der Waals surface area contributed by atoms with Crippen LogP contribution in [0, 0.1) is 0 Å². The quantitative estimate of drug-likeness (QED) is 0.244. The average molecular weight is 735 g/mol. The second kappa shape index (κ2) is 12.2. The van der Waals surface area contributed by atoms with Crippen LogP contribution >= 0.6 is 0 Å². The number of rotatable bonds is 5. The smallest absolute Gasteiger partial charge is 0.229 e. The lowest BCUT2D eigenvalue weighted by Gasteiger charge is -2.33. The van der Waals surface area contributed by atoms with Crippen LogP contribution in [0.4, 0.5) is 0 Å². The van der Waals surface area contributed by atoms with Gasteiger partial charge >= 0.3 is 0 Å². The van der Waals surface area contributed by atoms with Gasteiger partial charge in [-0.05, 0) is 83.9 Å². The molecular formula is C45H34O10. The number of carbonyl (C=O) groups excluding carboxylic acids is 6. The summed E-state index contributed by atoms with van der Waals surface area (Å²) in [5.41, 5.74) is -4.04. The van der Waals surface area contributed by atoms with E-state index in [-0.39, 0.29) is 50.3 Å². The van der Waals surface area contributed by atoms with Gasteiger partial charge in [0, 0.05) is 55.7 Å². The van der Waals surface area contributed by atoms with E-state index in [1.54, 1.807) is 38.2 Å². The van der Waals surface area contributed by atoms with Crippen molar-refractivity contribution in [2.75, 3.05) is 0 Å². The first-order valence-electron chi connectivity index (χ1n) is 17.8. The molecule has 55 heavy (non-hydrogen) atoms. The molecule has 0 saturated heterocycles. The fourth-order valence-electron chi connectivity index (χ4n) is 7.77. The van der Waals surface area contributed by atoms with Crippen LogP contribution in [-0.4, -0.2) is 56.1 Å². The van der Waals surface area contributed by atoms with Crippen molar-refractivity contribution in [2.24, 2.45) is 0 Å².